The van der Waals surface area contributed by atoms with Gasteiger partial charge in [0.15, 0.2) is 0 Å². The molecule has 0 saturated heterocycles. The Bertz CT molecular complexity index is 586. The largest absolute Gasteiger partial charge is 0.456 e. The summed E-state index contributed by atoms with van der Waals surface area (Å²) in [6.45, 7) is 8.30. The fraction of sp³-hybridized carbons (Fsp3) is 0.222. The van der Waals surface area contributed by atoms with Gasteiger partial charge in [-0.2, -0.15) is 0 Å². The number of ether oxygens (including phenoxy) is 1. The van der Waals surface area contributed by atoms with E-state index in [0.717, 1.165) is 17.1 Å². The van der Waals surface area contributed by atoms with E-state index in [0.29, 0.717) is 0 Å². The van der Waals surface area contributed by atoms with Gasteiger partial charge in [0, 0.05) is 5.56 Å². The second-order valence-electron chi connectivity index (χ2n) is 4.87. The Hall–Kier alpha value is -2.02. The highest BCUT2D eigenvalue weighted by atomic mass is 16.5. The number of hydrogen-bond acceptors (Lipinski definition) is 1. The van der Waals surface area contributed by atoms with Crippen LogP contribution in [0.4, 0.5) is 0 Å². The fourth-order valence-electron chi connectivity index (χ4n) is 2.33. The van der Waals surface area contributed by atoms with E-state index in [4.69, 9.17) is 4.74 Å². The number of allylic oxidation sites excluding steroid dienone is 1. The van der Waals surface area contributed by atoms with Crippen molar-refractivity contribution in [1.29, 1.82) is 0 Å². The highest BCUT2D eigenvalue weighted by Gasteiger charge is 2.08. The van der Waals surface area contributed by atoms with Crippen LogP contribution in [-0.2, 0) is 0 Å². The molecule has 0 N–H and O–H groups in total. The number of benzene rings is 2. The predicted molar refractivity (Wildman–Crippen MR) is 81.9 cm³/mol. The van der Waals surface area contributed by atoms with E-state index in [2.05, 4.69) is 45.0 Å². The lowest BCUT2D eigenvalue weighted by molar-refractivity contribution is 0.474. The van der Waals surface area contributed by atoms with Gasteiger partial charge >= 0.3 is 0 Å². The molecule has 0 radical (unpaired) electrons. The number of para-hydroxylation sites is 1. The van der Waals surface area contributed by atoms with Gasteiger partial charge in [-0.05, 0) is 44.9 Å². The molecular weight excluding hydrogens is 232 g/mol. The molecule has 0 fully saturated rings. The van der Waals surface area contributed by atoms with Crippen molar-refractivity contribution in [3.05, 3.63) is 64.7 Å². The SMILES string of the molecule is CC=Cc1ccccc1Oc1c(C)cc(C)cc1C. The Morgan fingerprint density at radius 1 is 0.947 bits per heavy atom. The van der Waals surface area contributed by atoms with E-state index in [1.165, 1.54) is 16.7 Å². The molecule has 0 saturated carbocycles. The van der Waals surface area contributed by atoms with Crippen molar-refractivity contribution < 1.29 is 4.74 Å². The molecule has 2 aromatic carbocycles. The monoisotopic (exact) mass is 252 g/mol. The topological polar surface area (TPSA) is 9.23 Å². The molecule has 0 heterocycles. The third-order valence-corrected chi connectivity index (χ3v) is 3.08. The van der Waals surface area contributed by atoms with Crippen molar-refractivity contribution in [1.82, 2.24) is 0 Å². The van der Waals surface area contributed by atoms with E-state index >= 15 is 0 Å². The Kier molecular flexibility index (Phi) is 4.06. The molecule has 0 aliphatic rings. The summed E-state index contributed by atoms with van der Waals surface area (Å²) in [4.78, 5) is 0. The second-order valence-corrected chi connectivity index (χ2v) is 4.87. The van der Waals surface area contributed by atoms with Crippen molar-refractivity contribution in [2.45, 2.75) is 27.7 Å². The zero-order chi connectivity index (χ0) is 13.8. The van der Waals surface area contributed by atoms with Crippen molar-refractivity contribution in [2.75, 3.05) is 0 Å². The lowest BCUT2D eigenvalue weighted by Gasteiger charge is -2.14. The standard InChI is InChI=1S/C18H20O/c1-5-8-16-9-6-7-10-17(16)19-18-14(3)11-13(2)12-15(18)4/h5-12H,1-4H3. The van der Waals surface area contributed by atoms with Crippen molar-refractivity contribution in [3.63, 3.8) is 0 Å². The van der Waals surface area contributed by atoms with Crippen LogP contribution in [0.15, 0.2) is 42.5 Å². The summed E-state index contributed by atoms with van der Waals surface area (Å²) in [7, 11) is 0. The average Bonchev–Trinajstić information content (AvgIpc) is 2.36. The molecule has 0 aliphatic carbocycles. The first-order valence-corrected chi connectivity index (χ1v) is 6.59. The van der Waals surface area contributed by atoms with Crippen molar-refractivity contribution in [2.24, 2.45) is 0 Å². The van der Waals surface area contributed by atoms with Crippen LogP contribution in [0.25, 0.3) is 6.08 Å². The van der Waals surface area contributed by atoms with E-state index < -0.39 is 0 Å². The van der Waals surface area contributed by atoms with Crippen LogP contribution in [0.2, 0.25) is 0 Å². The lowest BCUT2D eigenvalue weighted by atomic mass is 10.1. The third kappa shape index (κ3) is 3.05. The summed E-state index contributed by atoms with van der Waals surface area (Å²) in [6, 6.07) is 12.4. The molecule has 0 amide bonds. The molecule has 2 aromatic rings. The Balaban J connectivity index is 2.42. The minimum Gasteiger partial charge on any atom is -0.456 e. The van der Waals surface area contributed by atoms with Crippen LogP contribution in [0, 0.1) is 20.8 Å². The van der Waals surface area contributed by atoms with Gasteiger partial charge in [-0.3, -0.25) is 0 Å². The van der Waals surface area contributed by atoms with Gasteiger partial charge in [-0.15, -0.1) is 0 Å². The van der Waals surface area contributed by atoms with Gasteiger partial charge < -0.3 is 4.74 Å². The van der Waals surface area contributed by atoms with Crippen LogP contribution < -0.4 is 4.74 Å². The average molecular weight is 252 g/mol. The second kappa shape index (κ2) is 5.75. The molecule has 0 atom stereocenters. The smallest absolute Gasteiger partial charge is 0.134 e. The maximum absolute atomic E-state index is 6.13. The van der Waals surface area contributed by atoms with Crippen LogP contribution in [-0.4, -0.2) is 0 Å². The summed E-state index contributed by atoms with van der Waals surface area (Å²) in [5, 5.41) is 0. The summed E-state index contributed by atoms with van der Waals surface area (Å²) in [5.74, 6) is 1.86. The van der Waals surface area contributed by atoms with E-state index in [1.807, 2.05) is 31.2 Å². The quantitative estimate of drug-likeness (QED) is 0.707. The molecule has 2 rings (SSSR count). The molecule has 0 spiro atoms. The van der Waals surface area contributed by atoms with E-state index in [9.17, 15) is 0 Å². The summed E-state index contributed by atoms with van der Waals surface area (Å²) < 4.78 is 6.13. The molecule has 1 nitrogen and oxygen atoms in total. The molecule has 0 aliphatic heterocycles. The Morgan fingerprint density at radius 3 is 2.21 bits per heavy atom. The lowest BCUT2D eigenvalue weighted by Crippen LogP contribution is -1.93. The van der Waals surface area contributed by atoms with Crippen LogP contribution in [0.5, 0.6) is 11.5 Å². The fourth-order valence-corrected chi connectivity index (χ4v) is 2.33. The van der Waals surface area contributed by atoms with E-state index in [-0.39, 0.29) is 0 Å². The number of aryl methyl sites for hydroxylation is 3. The number of rotatable bonds is 3. The minimum atomic E-state index is 0.899. The highest BCUT2D eigenvalue weighted by Crippen LogP contribution is 2.32. The summed E-state index contributed by atoms with van der Waals surface area (Å²) >= 11 is 0. The van der Waals surface area contributed by atoms with Gasteiger partial charge in [0.25, 0.3) is 0 Å². The van der Waals surface area contributed by atoms with E-state index in [1.54, 1.807) is 0 Å². The maximum Gasteiger partial charge on any atom is 0.134 e. The Labute approximate surface area is 115 Å². The van der Waals surface area contributed by atoms with Gasteiger partial charge in [-0.25, -0.2) is 0 Å². The first-order valence-electron chi connectivity index (χ1n) is 6.59. The molecular formula is C18H20O. The zero-order valence-corrected chi connectivity index (χ0v) is 12.0. The first-order chi connectivity index (χ1) is 9.11. The summed E-state index contributed by atoms with van der Waals surface area (Å²) in [5.41, 5.74) is 4.72. The molecule has 98 valence electrons. The Morgan fingerprint density at radius 2 is 1.58 bits per heavy atom. The predicted octanol–water partition coefficient (Wildman–Crippen LogP) is 5.44. The van der Waals surface area contributed by atoms with Gasteiger partial charge in [-0.1, -0.05) is 48.0 Å². The third-order valence-electron chi connectivity index (χ3n) is 3.08. The first kappa shape index (κ1) is 13.4. The highest BCUT2D eigenvalue weighted by molar-refractivity contribution is 5.58. The van der Waals surface area contributed by atoms with Crippen LogP contribution in [0.3, 0.4) is 0 Å². The maximum atomic E-state index is 6.13. The zero-order valence-electron chi connectivity index (χ0n) is 12.0. The van der Waals surface area contributed by atoms with Crippen LogP contribution in [0.1, 0.15) is 29.2 Å². The molecule has 19 heavy (non-hydrogen) atoms. The number of hydrogen-bond donors (Lipinski definition) is 0. The molecule has 0 aromatic heterocycles. The molecule has 0 unspecified atom stereocenters. The van der Waals surface area contributed by atoms with Crippen molar-refractivity contribution in [3.8, 4) is 11.5 Å². The molecule has 1 heteroatoms. The summed E-state index contributed by atoms with van der Waals surface area (Å²) in [6.07, 6.45) is 4.09. The molecule has 0 bridgehead atoms. The minimum absolute atomic E-state index is 0.899. The van der Waals surface area contributed by atoms with Gasteiger partial charge in [0.1, 0.15) is 11.5 Å². The normalized spacial score (nSPS) is 10.9. The van der Waals surface area contributed by atoms with Gasteiger partial charge in [0.05, 0.1) is 0 Å². The van der Waals surface area contributed by atoms with Crippen molar-refractivity contribution >= 4 is 6.08 Å². The van der Waals surface area contributed by atoms with Crippen LogP contribution >= 0.6 is 0 Å². The van der Waals surface area contributed by atoms with Gasteiger partial charge in [0.2, 0.25) is 0 Å².